The van der Waals surface area contributed by atoms with Crippen LogP contribution in [0.2, 0.25) is 0 Å². The third kappa shape index (κ3) is 3.44. The molecule has 0 aromatic heterocycles. The fourth-order valence-corrected chi connectivity index (χ4v) is 4.78. The Kier molecular flexibility index (Phi) is 4.45. The highest BCUT2D eigenvalue weighted by Gasteiger charge is 2.48. The van der Waals surface area contributed by atoms with Crippen LogP contribution in [0.15, 0.2) is 23.1 Å². The van der Waals surface area contributed by atoms with Crippen LogP contribution in [-0.4, -0.2) is 48.1 Å². The van der Waals surface area contributed by atoms with Crippen molar-refractivity contribution in [3.8, 4) is 0 Å². The lowest BCUT2D eigenvalue weighted by Gasteiger charge is -2.42. The molecule has 146 valence electrons. The standard InChI is InChI=1S/C21H28N2O3S/c1-20(2,3)26-19(25)22-8-6-21(7-9-22)13-23(14-10-15(24)11-14)18-12-16(27)4-5-17(18)21/h4-5,12,14,27H,6-11,13H2,1-3H3. The first-order chi connectivity index (χ1) is 12.7. The highest BCUT2D eigenvalue weighted by Crippen LogP contribution is 2.49. The van der Waals surface area contributed by atoms with E-state index in [1.807, 2.05) is 25.7 Å². The number of anilines is 1. The Bertz CT molecular complexity index is 770. The van der Waals surface area contributed by atoms with E-state index in [-0.39, 0.29) is 11.5 Å². The van der Waals surface area contributed by atoms with E-state index in [0.29, 0.717) is 37.8 Å². The van der Waals surface area contributed by atoms with Gasteiger partial charge in [0.05, 0.1) is 0 Å². The number of amides is 1. The molecule has 1 aromatic carbocycles. The summed E-state index contributed by atoms with van der Waals surface area (Å²) in [5.74, 6) is 0.351. The summed E-state index contributed by atoms with van der Waals surface area (Å²) < 4.78 is 5.54. The number of fused-ring (bicyclic) bond motifs is 2. The summed E-state index contributed by atoms with van der Waals surface area (Å²) in [6.45, 7) is 8.03. The number of ketones is 1. The Morgan fingerprint density at radius 1 is 1.22 bits per heavy atom. The lowest BCUT2D eigenvalue weighted by molar-refractivity contribution is -0.124. The molecule has 0 N–H and O–H groups in total. The number of carbonyl (C=O) groups excluding carboxylic acids is 2. The zero-order chi connectivity index (χ0) is 19.4. The molecule has 1 saturated carbocycles. The number of rotatable bonds is 1. The van der Waals surface area contributed by atoms with Gasteiger partial charge in [0.1, 0.15) is 11.4 Å². The highest BCUT2D eigenvalue weighted by atomic mass is 32.1. The molecule has 1 saturated heterocycles. The summed E-state index contributed by atoms with van der Waals surface area (Å²) in [6, 6.07) is 6.70. The van der Waals surface area contributed by atoms with Gasteiger partial charge in [-0.05, 0) is 51.3 Å². The SMILES string of the molecule is CC(C)(C)OC(=O)N1CCC2(CC1)CN(C1CC(=O)C1)c1cc(S)ccc12. The maximum atomic E-state index is 12.4. The van der Waals surface area contributed by atoms with Crippen molar-refractivity contribution < 1.29 is 14.3 Å². The van der Waals surface area contributed by atoms with Crippen molar-refractivity contribution in [2.75, 3.05) is 24.5 Å². The Morgan fingerprint density at radius 2 is 1.89 bits per heavy atom. The molecule has 1 aromatic rings. The largest absolute Gasteiger partial charge is 0.444 e. The molecule has 2 heterocycles. The maximum Gasteiger partial charge on any atom is 0.410 e. The van der Waals surface area contributed by atoms with Gasteiger partial charge in [0.25, 0.3) is 0 Å². The summed E-state index contributed by atoms with van der Waals surface area (Å²) in [5.41, 5.74) is 2.16. The Morgan fingerprint density at radius 3 is 2.48 bits per heavy atom. The van der Waals surface area contributed by atoms with Gasteiger partial charge in [-0.3, -0.25) is 4.79 Å². The van der Waals surface area contributed by atoms with E-state index in [2.05, 4.69) is 35.7 Å². The molecule has 2 aliphatic heterocycles. The van der Waals surface area contributed by atoms with Crippen LogP contribution in [0.5, 0.6) is 0 Å². The molecule has 6 heteroatoms. The highest BCUT2D eigenvalue weighted by molar-refractivity contribution is 7.80. The first-order valence-corrected chi connectivity index (χ1v) is 10.2. The van der Waals surface area contributed by atoms with Crippen molar-refractivity contribution >= 4 is 30.2 Å². The quantitative estimate of drug-likeness (QED) is 0.744. The molecule has 2 fully saturated rings. The van der Waals surface area contributed by atoms with Gasteiger partial charge in [0, 0.05) is 54.5 Å². The van der Waals surface area contributed by atoms with E-state index in [1.165, 1.54) is 11.3 Å². The fraction of sp³-hybridized carbons (Fsp3) is 0.619. The third-order valence-corrected chi connectivity index (χ3v) is 6.35. The molecule has 0 bridgehead atoms. The molecule has 4 rings (SSSR count). The number of nitrogens with zero attached hydrogens (tertiary/aromatic N) is 2. The van der Waals surface area contributed by atoms with E-state index in [9.17, 15) is 9.59 Å². The maximum absolute atomic E-state index is 12.4. The molecule has 1 aliphatic carbocycles. The molecule has 1 amide bonds. The zero-order valence-electron chi connectivity index (χ0n) is 16.3. The van der Waals surface area contributed by atoms with Crippen LogP contribution in [0.1, 0.15) is 52.0 Å². The van der Waals surface area contributed by atoms with Gasteiger partial charge in [0.2, 0.25) is 0 Å². The lowest BCUT2D eigenvalue weighted by atomic mass is 9.74. The molecule has 3 aliphatic rings. The number of thiol groups is 1. The molecule has 0 atom stereocenters. The van der Waals surface area contributed by atoms with Gasteiger partial charge < -0.3 is 14.5 Å². The molecule has 0 unspecified atom stereocenters. The van der Waals surface area contributed by atoms with Crippen molar-refractivity contribution in [3.63, 3.8) is 0 Å². The number of hydrogen-bond acceptors (Lipinski definition) is 5. The fourth-order valence-electron chi connectivity index (χ4n) is 4.59. The summed E-state index contributed by atoms with van der Waals surface area (Å²) >= 11 is 4.53. The average molecular weight is 389 g/mol. The number of benzene rings is 1. The minimum absolute atomic E-state index is 0.0496. The lowest BCUT2D eigenvalue weighted by Crippen LogP contribution is -2.51. The van der Waals surface area contributed by atoms with Crippen LogP contribution >= 0.6 is 12.6 Å². The molecule has 5 nitrogen and oxygen atoms in total. The molecule has 27 heavy (non-hydrogen) atoms. The van der Waals surface area contributed by atoms with Crippen molar-refractivity contribution in [1.82, 2.24) is 4.90 Å². The number of piperidine rings is 1. The Labute approximate surface area is 166 Å². The van der Waals surface area contributed by atoms with Crippen LogP contribution in [0.25, 0.3) is 0 Å². The summed E-state index contributed by atoms with van der Waals surface area (Å²) in [4.78, 5) is 29.2. The van der Waals surface area contributed by atoms with Crippen molar-refractivity contribution in [2.24, 2.45) is 0 Å². The second-order valence-corrected chi connectivity index (χ2v) is 9.69. The topological polar surface area (TPSA) is 49.9 Å². The van der Waals surface area contributed by atoms with E-state index in [4.69, 9.17) is 4.74 Å². The summed E-state index contributed by atoms with van der Waals surface area (Å²) in [6.07, 6.45) is 2.92. The number of hydrogen-bond donors (Lipinski definition) is 1. The van der Waals surface area contributed by atoms with Gasteiger partial charge in [0.15, 0.2) is 0 Å². The first kappa shape index (κ1) is 18.7. The Balaban J connectivity index is 1.53. The van der Waals surface area contributed by atoms with Crippen molar-refractivity contribution in [3.05, 3.63) is 23.8 Å². The molecular formula is C21H28N2O3S. The van der Waals surface area contributed by atoms with Gasteiger partial charge in [-0.1, -0.05) is 6.07 Å². The van der Waals surface area contributed by atoms with Crippen molar-refractivity contribution in [1.29, 1.82) is 0 Å². The molecule has 0 radical (unpaired) electrons. The zero-order valence-corrected chi connectivity index (χ0v) is 17.2. The van der Waals surface area contributed by atoms with Crippen LogP contribution < -0.4 is 4.90 Å². The smallest absolute Gasteiger partial charge is 0.410 e. The second-order valence-electron chi connectivity index (χ2n) is 9.18. The van der Waals surface area contributed by atoms with E-state index >= 15 is 0 Å². The number of likely N-dealkylation sites (tertiary alicyclic amines) is 1. The van der Waals surface area contributed by atoms with Gasteiger partial charge in [-0.25, -0.2) is 4.79 Å². The molecule has 1 spiro atoms. The monoisotopic (exact) mass is 388 g/mol. The molecular weight excluding hydrogens is 360 g/mol. The predicted octanol–water partition coefficient (Wildman–Crippen LogP) is 3.80. The third-order valence-electron chi connectivity index (χ3n) is 6.07. The predicted molar refractivity (Wildman–Crippen MR) is 108 cm³/mol. The van der Waals surface area contributed by atoms with E-state index in [1.54, 1.807) is 0 Å². The number of ether oxygens (including phenoxy) is 1. The van der Waals surface area contributed by atoms with E-state index < -0.39 is 5.60 Å². The normalized spacial score (nSPS) is 22.0. The number of carbonyl (C=O) groups is 2. The van der Waals surface area contributed by atoms with Gasteiger partial charge in [-0.2, -0.15) is 0 Å². The van der Waals surface area contributed by atoms with E-state index in [0.717, 1.165) is 24.3 Å². The average Bonchev–Trinajstić information content (AvgIpc) is 2.84. The Hall–Kier alpha value is -1.69. The first-order valence-electron chi connectivity index (χ1n) is 9.77. The minimum Gasteiger partial charge on any atom is -0.444 e. The summed E-state index contributed by atoms with van der Waals surface area (Å²) in [5, 5.41) is 0. The van der Waals surface area contributed by atoms with Crippen LogP contribution in [0.3, 0.4) is 0 Å². The van der Waals surface area contributed by atoms with Gasteiger partial charge in [-0.15, -0.1) is 12.6 Å². The number of Topliss-reactive ketones (excluding diaryl/α,β-unsaturated/α-hetero) is 1. The van der Waals surface area contributed by atoms with Crippen molar-refractivity contribution in [2.45, 2.75) is 68.4 Å². The van der Waals surface area contributed by atoms with Crippen LogP contribution in [-0.2, 0) is 14.9 Å². The van der Waals surface area contributed by atoms with Gasteiger partial charge >= 0.3 is 6.09 Å². The second kappa shape index (κ2) is 6.43. The summed E-state index contributed by atoms with van der Waals surface area (Å²) in [7, 11) is 0. The minimum atomic E-state index is -0.470. The van der Waals surface area contributed by atoms with Crippen LogP contribution in [0, 0.1) is 0 Å². The van der Waals surface area contributed by atoms with Crippen LogP contribution in [0.4, 0.5) is 10.5 Å².